The van der Waals surface area contributed by atoms with Crippen LogP contribution in [-0.4, -0.2) is 17.4 Å². The van der Waals surface area contributed by atoms with Crippen LogP contribution in [0.3, 0.4) is 0 Å². The summed E-state index contributed by atoms with van der Waals surface area (Å²) in [4.78, 5) is 11.8. The molecule has 1 N–H and O–H groups in total. The number of benzene rings is 1. The summed E-state index contributed by atoms with van der Waals surface area (Å²) in [5, 5.41) is 11.5. The van der Waals surface area contributed by atoms with Gasteiger partial charge < -0.3 is 5.32 Å². The number of amides is 1. The Hall–Kier alpha value is -1.54. The van der Waals surface area contributed by atoms with Gasteiger partial charge in [-0.05, 0) is 30.4 Å². The van der Waals surface area contributed by atoms with E-state index in [2.05, 4.69) is 5.32 Å². The van der Waals surface area contributed by atoms with E-state index in [1.165, 1.54) is 12.1 Å². The summed E-state index contributed by atoms with van der Waals surface area (Å²) < 4.78 is 12.9. The highest BCUT2D eigenvalue weighted by Gasteiger charge is 2.23. The Kier molecular flexibility index (Phi) is 3.64. The average Bonchev–Trinajstić information content (AvgIpc) is 2.85. The minimum atomic E-state index is -0.476. The molecule has 1 aromatic rings. The smallest absolute Gasteiger partial charge is 0.228 e. The number of rotatable bonds is 2. The predicted octanol–water partition coefficient (Wildman–Crippen LogP) is 2.39. The van der Waals surface area contributed by atoms with Crippen LogP contribution >= 0.6 is 11.8 Å². The van der Waals surface area contributed by atoms with Gasteiger partial charge in [-0.15, -0.1) is 0 Å². The summed E-state index contributed by atoms with van der Waals surface area (Å²) in [6.45, 7) is 0. The van der Waals surface area contributed by atoms with Gasteiger partial charge in [0.05, 0.1) is 11.3 Å². The average molecular weight is 250 g/mol. The Morgan fingerprint density at radius 1 is 1.59 bits per heavy atom. The van der Waals surface area contributed by atoms with Gasteiger partial charge in [0.1, 0.15) is 11.9 Å². The number of carbonyl (C=O) groups is 1. The van der Waals surface area contributed by atoms with Crippen molar-refractivity contribution in [2.75, 3.05) is 16.8 Å². The number of anilines is 1. The van der Waals surface area contributed by atoms with Gasteiger partial charge in [-0.2, -0.15) is 17.0 Å². The Balaban J connectivity index is 2.13. The van der Waals surface area contributed by atoms with E-state index in [-0.39, 0.29) is 17.4 Å². The second kappa shape index (κ2) is 5.19. The third-order valence-corrected chi connectivity index (χ3v) is 3.82. The second-order valence-corrected chi connectivity index (χ2v) is 5.00. The Labute approximate surface area is 103 Å². The normalized spacial score (nSPS) is 18.7. The monoisotopic (exact) mass is 250 g/mol. The Morgan fingerprint density at radius 2 is 2.41 bits per heavy atom. The van der Waals surface area contributed by atoms with E-state index in [0.29, 0.717) is 5.69 Å². The molecule has 1 fully saturated rings. The van der Waals surface area contributed by atoms with Crippen LogP contribution in [0.15, 0.2) is 18.2 Å². The van der Waals surface area contributed by atoms with E-state index < -0.39 is 5.82 Å². The van der Waals surface area contributed by atoms with Crippen molar-refractivity contribution in [3.8, 4) is 6.07 Å². The van der Waals surface area contributed by atoms with E-state index in [9.17, 15) is 9.18 Å². The Morgan fingerprint density at radius 3 is 3.06 bits per heavy atom. The van der Waals surface area contributed by atoms with Crippen molar-refractivity contribution in [3.05, 3.63) is 29.6 Å². The fourth-order valence-electron chi connectivity index (χ4n) is 1.69. The van der Waals surface area contributed by atoms with E-state index in [1.54, 1.807) is 11.8 Å². The van der Waals surface area contributed by atoms with Crippen LogP contribution in [0.1, 0.15) is 12.0 Å². The zero-order valence-electron chi connectivity index (χ0n) is 9.07. The topological polar surface area (TPSA) is 52.9 Å². The minimum Gasteiger partial charge on any atom is -0.325 e. The zero-order valence-corrected chi connectivity index (χ0v) is 9.89. The fourth-order valence-corrected chi connectivity index (χ4v) is 2.91. The number of hydrogen-bond acceptors (Lipinski definition) is 3. The van der Waals surface area contributed by atoms with Gasteiger partial charge in [0, 0.05) is 11.7 Å². The van der Waals surface area contributed by atoms with Crippen molar-refractivity contribution in [1.29, 1.82) is 5.26 Å². The van der Waals surface area contributed by atoms with Crippen molar-refractivity contribution in [2.24, 2.45) is 5.92 Å². The number of halogens is 1. The maximum absolute atomic E-state index is 12.9. The molecule has 3 nitrogen and oxygen atoms in total. The minimum absolute atomic E-state index is 0.00315. The van der Waals surface area contributed by atoms with Gasteiger partial charge in [-0.25, -0.2) is 4.39 Å². The van der Waals surface area contributed by atoms with Crippen LogP contribution in [0, 0.1) is 23.1 Å². The number of carbonyl (C=O) groups excluding carboxylic acids is 1. The summed E-state index contributed by atoms with van der Waals surface area (Å²) in [6, 6.07) is 5.66. The molecule has 17 heavy (non-hydrogen) atoms. The molecular weight excluding hydrogens is 239 g/mol. The molecule has 2 rings (SSSR count). The molecule has 1 aliphatic rings. The molecule has 1 aromatic carbocycles. The quantitative estimate of drug-likeness (QED) is 0.876. The maximum atomic E-state index is 12.9. The van der Waals surface area contributed by atoms with Crippen LogP contribution in [0.25, 0.3) is 0 Å². The SMILES string of the molecule is N#Cc1cc(F)ccc1NC(=O)C1CCSC1. The van der Waals surface area contributed by atoms with Crippen molar-refractivity contribution < 1.29 is 9.18 Å². The second-order valence-electron chi connectivity index (χ2n) is 3.85. The van der Waals surface area contributed by atoms with Crippen molar-refractivity contribution >= 4 is 23.4 Å². The first-order valence-electron chi connectivity index (χ1n) is 5.29. The number of hydrogen-bond donors (Lipinski definition) is 1. The van der Waals surface area contributed by atoms with Gasteiger partial charge in [-0.3, -0.25) is 4.79 Å². The van der Waals surface area contributed by atoms with Crippen LogP contribution < -0.4 is 5.32 Å². The lowest BCUT2D eigenvalue weighted by atomic mass is 10.1. The Bertz CT molecular complexity index is 478. The van der Waals surface area contributed by atoms with Crippen LogP contribution in [0.4, 0.5) is 10.1 Å². The van der Waals surface area contributed by atoms with Gasteiger partial charge in [0.25, 0.3) is 0 Å². The van der Waals surface area contributed by atoms with E-state index >= 15 is 0 Å². The van der Waals surface area contributed by atoms with Gasteiger partial charge in [-0.1, -0.05) is 0 Å². The number of nitriles is 1. The highest BCUT2D eigenvalue weighted by molar-refractivity contribution is 7.99. The number of thioether (sulfide) groups is 1. The highest BCUT2D eigenvalue weighted by Crippen LogP contribution is 2.25. The molecule has 0 radical (unpaired) electrons. The predicted molar refractivity (Wildman–Crippen MR) is 65.2 cm³/mol. The number of nitrogens with zero attached hydrogens (tertiary/aromatic N) is 1. The fraction of sp³-hybridized carbons (Fsp3) is 0.333. The van der Waals surface area contributed by atoms with Crippen molar-refractivity contribution in [1.82, 2.24) is 0 Å². The summed E-state index contributed by atoms with van der Waals surface area (Å²) in [5.41, 5.74) is 0.541. The summed E-state index contributed by atoms with van der Waals surface area (Å²) in [7, 11) is 0. The summed E-state index contributed by atoms with van der Waals surface area (Å²) >= 11 is 1.75. The molecular formula is C12H11FN2OS. The van der Waals surface area contributed by atoms with Crippen molar-refractivity contribution in [2.45, 2.75) is 6.42 Å². The van der Waals surface area contributed by atoms with Crippen molar-refractivity contribution in [3.63, 3.8) is 0 Å². The maximum Gasteiger partial charge on any atom is 0.228 e. The third kappa shape index (κ3) is 2.77. The molecule has 1 atom stereocenters. The lowest BCUT2D eigenvalue weighted by Crippen LogP contribution is -2.22. The van der Waals surface area contributed by atoms with E-state index in [4.69, 9.17) is 5.26 Å². The highest BCUT2D eigenvalue weighted by atomic mass is 32.2. The zero-order chi connectivity index (χ0) is 12.3. The molecule has 1 aliphatic heterocycles. The van der Waals surface area contributed by atoms with Crippen LogP contribution in [0.2, 0.25) is 0 Å². The van der Waals surface area contributed by atoms with Gasteiger partial charge in [0.15, 0.2) is 0 Å². The van der Waals surface area contributed by atoms with Gasteiger partial charge >= 0.3 is 0 Å². The summed E-state index contributed by atoms with van der Waals surface area (Å²) in [5.74, 6) is 1.24. The first-order valence-corrected chi connectivity index (χ1v) is 6.44. The van der Waals surface area contributed by atoms with E-state index in [1.807, 2.05) is 6.07 Å². The first kappa shape index (κ1) is 11.9. The lowest BCUT2D eigenvalue weighted by molar-refractivity contribution is -0.119. The van der Waals surface area contributed by atoms with Gasteiger partial charge in [0.2, 0.25) is 5.91 Å². The molecule has 88 valence electrons. The molecule has 0 bridgehead atoms. The largest absolute Gasteiger partial charge is 0.325 e. The van der Waals surface area contributed by atoms with Crippen LogP contribution in [0.5, 0.6) is 0 Å². The van der Waals surface area contributed by atoms with Crippen LogP contribution in [-0.2, 0) is 4.79 Å². The molecule has 1 amide bonds. The molecule has 0 aliphatic carbocycles. The lowest BCUT2D eigenvalue weighted by Gasteiger charge is -2.10. The third-order valence-electron chi connectivity index (χ3n) is 2.66. The molecule has 0 aromatic heterocycles. The first-order chi connectivity index (χ1) is 8.20. The molecule has 1 unspecified atom stereocenters. The summed E-state index contributed by atoms with van der Waals surface area (Å²) in [6.07, 6.45) is 0.861. The molecule has 1 saturated heterocycles. The number of nitrogens with one attached hydrogen (secondary N) is 1. The standard InChI is InChI=1S/C12H11FN2OS/c13-10-1-2-11(9(5-10)6-14)15-12(16)8-3-4-17-7-8/h1-2,5,8H,3-4,7H2,(H,15,16). The van der Waals surface area contributed by atoms with E-state index in [0.717, 1.165) is 24.0 Å². The molecule has 1 heterocycles. The molecule has 5 heteroatoms. The molecule has 0 spiro atoms. The molecule has 0 saturated carbocycles.